The van der Waals surface area contributed by atoms with Crippen LogP contribution in [0.1, 0.15) is 31.2 Å². The van der Waals surface area contributed by atoms with Gasteiger partial charge in [0.15, 0.2) is 11.5 Å². The second kappa shape index (κ2) is 13.4. The number of amides is 1. The van der Waals surface area contributed by atoms with Crippen molar-refractivity contribution in [2.24, 2.45) is 0 Å². The normalized spacial score (nSPS) is 15.7. The molecular formula is C26H40N4O5. The number of furan rings is 1. The number of nitrogens with zero attached hydrogens (tertiary/aromatic N) is 3. The van der Waals surface area contributed by atoms with Crippen molar-refractivity contribution in [3.8, 4) is 17.2 Å². The number of methoxy groups -OCH3 is 3. The molecule has 1 saturated heterocycles. The zero-order chi connectivity index (χ0) is 25.2. The van der Waals surface area contributed by atoms with Crippen molar-refractivity contribution in [1.29, 1.82) is 0 Å². The molecule has 0 spiro atoms. The summed E-state index contributed by atoms with van der Waals surface area (Å²) in [6.07, 6.45) is 1.69. The summed E-state index contributed by atoms with van der Waals surface area (Å²) in [4.78, 5) is 19.6. The molecule has 194 valence electrons. The van der Waals surface area contributed by atoms with E-state index in [9.17, 15) is 4.79 Å². The fraction of sp³-hybridized carbons (Fsp3) is 0.577. The monoisotopic (exact) mass is 488 g/mol. The van der Waals surface area contributed by atoms with Gasteiger partial charge in [-0.25, -0.2) is 0 Å². The Labute approximate surface area is 208 Å². The third-order valence-electron chi connectivity index (χ3n) is 6.63. The Bertz CT molecular complexity index is 909. The number of nitrogens with one attached hydrogen (secondary N) is 1. The molecule has 0 saturated carbocycles. The van der Waals surface area contributed by atoms with Gasteiger partial charge >= 0.3 is 0 Å². The molecule has 3 rings (SSSR count). The highest BCUT2D eigenvalue weighted by molar-refractivity contribution is 5.78. The van der Waals surface area contributed by atoms with Gasteiger partial charge < -0.3 is 23.9 Å². The first-order chi connectivity index (χ1) is 17.0. The van der Waals surface area contributed by atoms with Crippen molar-refractivity contribution in [2.45, 2.75) is 26.4 Å². The standard InChI is InChI=1S/C26H40N4O5/c1-6-30(7-2)21(22-9-8-16-35-22)17-27-24(31)19-29-14-12-28(13-15-29)18-20-10-11-23(32-3)26(34-5)25(20)33-4/h8-11,16,21H,6-7,12-15,17-19H2,1-5H3,(H,27,31). The van der Waals surface area contributed by atoms with E-state index < -0.39 is 0 Å². The highest BCUT2D eigenvalue weighted by Gasteiger charge is 2.24. The van der Waals surface area contributed by atoms with Crippen LogP contribution < -0.4 is 19.5 Å². The van der Waals surface area contributed by atoms with Gasteiger partial charge in [-0.05, 0) is 31.3 Å². The van der Waals surface area contributed by atoms with Crippen LogP contribution in [0.4, 0.5) is 0 Å². The average molecular weight is 489 g/mol. The van der Waals surface area contributed by atoms with Crippen LogP contribution in [-0.2, 0) is 11.3 Å². The van der Waals surface area contributed by atoms with Crippen molar-refractivity contribution in [3.05, 3.63) is 41.9 Å². The third kappa shape index (κ3) is 6.90. The average Bonchev–Trinajstić information content (AvgIpc) is 3.42. The van der Waals surface area contributed by atoms with Crippen molar-refractivity contribution >= 4 is 5.91 Å². The first kappa shape index (κ1) is 26.8. The maximum atomic E-state index is 12.7. The minimum Gasteiger partial charge on any atom is -0.493 e. The summed E-state index contributed by atoms with van der Waals surface area (Å²) < 4.78 is 22.2. The van der Waals surface area contributed by atoms with Crippen LogP contribution in [-0.4, -0.2) is 94.3 Å². The molecule has 2 heterocycles. The number of likely N-dealkylation sites (N-methyl/N-ethyl adjacent to an activating group) is 1. The Morgan fingerprint density at radius 2 is 1.69 bits per heavy atom. The van der Waals surface area contributed by atoms with E-state index in [1.54, 1.807) is 27.6 Å². The second-order valence-electron chi connectivity index (χ2n) is 8.60. The van der Waals surface area contributed by atoms with Crippen LogP contribution in [0.25, 0.3) is 0 Å². The summed E-state index contributed by atoms with van der Waals surface area (Å²) >= 11 is 0. The van der Waals surface area contributed by atoms with Crippen LogP contribution in [0.5, 0.6) is 17.2 Å². The molecule has 9 nitrogen and oxygen atoms in total. The summed E-state index contributed by atoms with van der Waals surface area (Å²) in [6, 6.07) is 7.83. The van der Waals surface area contributed by atoms with Crippen molar-refractivity contribution < 1.29 is 23.4 Å². The summed E-state index contributed by atoms with van der Waals surface area (Å²) in [5, 5.41) is 3.12. The first-order valence-corrected chi connectivity index (χ1v) is 12.3. The molecule has 1 atom stereocenters. The van der Waals surface area contributed by atoms with Gasteiger partial charge in [0.2, 0.25) is 11.7 Å². The van der Waals surface area contributed by atoms with E-state index in [0.717, 1.165) is 57.1 Å². The van der Waals surface area contributed by atoms with Gasteiger partial charge in [-0.1, -0.05) is 19.9 Å². The lowest BCUT2D eigenvalue weighted by Gasteiger charge is -2.35. The summed E-state index contributed by atoms with van der Waals surface area (Å²) in [7, 11) is 4.88. The van der Waals surface area contributed by atoms with E-state index >= 15 is 0 Å². The Balaban J connectivity index is 1.49. The Hall–Kier alpha value is -2.75. The zero-order valence-electron chi connectivity index (χ0n) is 21.7. The maximum Gasteiger partial charge on any atom is 0.234 e. The first-order valence-electron chi connectivity index (χ1n) is 12.3. The number of hydrogen-bond acceptors (Lipinski definition) is 8. The molecule has 2 aromatic rings. The number of rotatable bonds is 13. The lowest BCUT2D eigenvalue weighted by Crippen LogP contribution is -2.49. The van der Waals surface area contributed by atoms with E-state index in [4.69, 9.17) is 18.6 Å². The van der Waals surface area contributed by atoms with Gasteiger partial charge in [0.05, 0.1) is 40.2 Å². The van der Waals surface area contributed by atoms with Crippen molar-refractivity contribution in [2.75, 3.05) is 73.7 Å². The van der Waals surface area contributed by atoms with Gasteiger partial charge in [-0.15, -0.1) is 0 Å². The molecule has 1 amide bonds. The minimum absolute atomic E-state index is 0.0391. The SMILES string of the molecule is CCN(CC)C(CNC(=O)CN1CCN(Cc2ccc(OC)c(OC)c2OC)CC1)c1ccco1. The van der Waals surface area contributed by atoms with Gasteiger partial charge in [-0.3, -0.25) is 19.5 Å². The van der Waals surface area contributed by atoms with Gasteiger partial charge in [-0.2, -0.15) is 0 Å². The number of benzene rings is 1. The quantitative estimate of drug-likeness (QED) is 0.461. The predicted molar refractivity (Wildman–Crippen MR) is 135 cm³/mol. The van der Waals surface area contributed by atoms with Gasteiger partial charge in [0.25, 0.3) is 0 Å². The van der Waals surface area contributed by atoms with E-state index in [0.29, 0.717) is 30.3 Å². The van der Waals surface area contributed by atoms with E-state index in [2.05, 4.69) is 33.9 Å². The largest absolute Gasteiger partial charge is 0.493 e. The fourth-order valence-corrected chi connectivity index (χ4v) is 4.66. The molecular weight excluding hydrogens is 448 g/mol. The topological polar surface area (TPSA) is 79.7 Å². The number of piperazine rings is 1. The molecule has 1 aliphatic heterocycles. The van der Waals surface area contributed by atoms with Crippen LogP contribution in [0.3, 0.4) is 0 Å². The molecule has 35 heavy (non-hydrogen) atoms. The van der Waals surface area contributed by atoms with Gasteiger partial charge in [0, 0.05) is 44.8 Å². The molecule has 1 aromatic carbocycles. The molecule has 0 radical (unpaired) electrons. The predicted octanol–water partition coefficient (Wildman–Crippen LogP) is 2.62. The number of carbonyl (C=O) groups is 1. The maximum absolute atomic E-state index is 12.7. The smallest absolute Gasteiger partial charge is 0.234 e. The van der Waals surface area contributed by atoms with Crippen molar-refractivity contribution in [1.82, 2.24) is 20.0 Å². The zero-order valence-corrected chi connectivity index (χ0v) is 21.7. The Morgan fingerprint density at radius 3 is 2.26 bits per heavy atom. The highest BCUT2D eigenvalue weighted by atomic mass is 16.5. The van der Waals surface area contributed by atoms with Gasteiger partial charge in [0.1, 0.15) is 5.76 Å². The lowest BCUT2D eigenvalue weighted by atomic mass is 10.1. The molecule has 1 aliphatic rings. The number of carbonyl (C=O) groups excluding carboxylic acids is 1. The number of hydrogen-bond donors (Lipinski definition) is 1. The minimum atomic E-state index is 0.0391. The Kier molecular flexibility index (Phi) is 10.3. The summed E-state index contributed by atoms with van der Waals surface area (Å²) in [5.41, 5.74) is 1.05. The van der Waals surface area contributed by atoms with Crippen LogP contribution in [0.15, 0.2) is 34.9 Å². The molecule has 0 aliphatic carbocycles. The van der Waals surface area contributed by atoms with Crippen LogP contribution in [0, 0.1) is 0 Å². The highest BCUT2D eigenvalue weighted by Crippen LogP contribution is 2.40. The summed E-state index contributed by atoms with van der Waals surface area (Å²) in [5.74, 6) is 2.89. The van der Waals surface area contributed by atoms with Crippen molar-refractivity contribution in [3.63, 3.8) is 0 Å². The second-order valence-corrected chi connectivity index (χ2v) is 8.60. The lowest BCUT2D eigenvalue weighted by molar-refractivity contribution is -0.123. The van der Waals surface area contributed by atoms with E-state index in [-0.39, 0.29) is 11.9 Å². The molecule has 9 heteroatoms. The van der Waals surface area contributed by atoms with E-state index in [1.165, 1.54) is 0 Å². The number of ether oxygens (including phenoxy) is 3. The molecule has 1 fully saturated rings. The molecule has 1 unspecified atom stereocenters. The Morgan fingerprint density at radius 1 is 1.00 bits per heavy atom. The molecule has 1 N–H and O–H groups in total. The van der Waals surface area contributed by atoms with E-state index in [1.807, 2.05) is 24.3 Å². The van der Waals surface area contributed by atoms with Crippen LogP contribution in [0.2, 0.25) is 0 Å². The summed E-state index contributed by atoms with van der Waals surface area (Å²) in [6.45, 7) is 11.1. The molecule has 0 bridgehead atoms. The molecule has 1 aromatic heterocycles. The third-order valence-corrected chi connectivity index (χ3v) is 6.63. The fourth-order valence-electron chi connectivity index (χ4n) is 4.66. The van der Waals surface area contributed by atoms with Crippen LogP contribution >= 0.6 is 0 Å².